The number of aromatic nitrogens is 4. The number of ether oxygens (including phenoxy) is 1. The molecule has 2 aromatic rings. The zero-order chi connectivity index (χ0) is 16.8. The lowest BCUT2D eigenvalue weighted by atomic mass is 10.4. The van der Waals surface area contributed by atoms with Gasteiger partial charge in [-0.2, -0.15) is 4.98 Å². The molecular formula is C13H17N5O3S2. The van der Waals surface area contributed by atoms with Crippen molar-refractivity contribution in [3.05, 3.63) is 21.4 Å². The highest BCUT2D eigenvalue weighted by atomic mass is 32.2. The van der Waals surface area contributed by atoms with Gasteiger partial charge in [-0.15, -0.1) is 10.2 Å². The van der Waals surface area contributed by atoms with Crippen LogP contribution in [-0.4, -0.2) is 38.4 Å². The quantitative estimate of drug-likeness (QED) is 0.574. The lowest BCUT2D eigenvalue weighted by molar-refractivity contribution is -0.115. The van der Waals surface area contributed by atoms with Crippen molar-refractivity contribution < 1.29 is 9.53 Å². The van der Waals surface area contributed by atoms with Gasteiger partial charge in [0.1, 0.15) is 5.01 Å². The van der Waals surface area contributed by atoms with E-state index in [1.165, 1.54) is 24.5 Å². The van der Waals surface area contributed by atoms with E-state index in [1.54, 1.807) is 6.92 Å². The van der Waals surface area contributed by atoms with E-state index < -0.39 is 5.25 Å². The fourth-order valence-corrected chi connectivity index (χ4v) is 3.27. The molecule has 2 aromatic heterocycles. The number of H-pyrrole nitrogens is 1. The third-order valence-corrected chi connectivity index (χ3v) is 4.61. The average Bonchev–Trinajstić information content (AvgIpc) is 2.94. The summed E-state index contributed by atoms with van der Waals surface area (Å²) in [6.07, 6.45) is 1.82. The van der Waals surface area contributed by atoms with Gasteiger partial charge in [0.15, 0.2) is 5.16 Å². The van der Waals surface area contributed by atoms with E-state index in [9.17, 15) is 9.59 Å². The molecule has 0 aliphatic carbocycles. The Morgan fingerprint density at radius 2 is 2.30 bits per heavy atom. The number of carbonyl (C=O) groups excluding carboxylic acids is 1. The Morgan fingerprint density at radius 1 is 1.52 bits per heavy atom. The van der Waals surface area contributed by atoms with E-state index >= 15 is 0 Å². The Labute approximate surface area is 141 Å². The molecule has 1 amide bonds. The van der Waals surface area contributed by atoms with Crippen LogP contribution < -0.4 is 15.6 Å². The fourth-order valence-electron chi connectivity index (χ4n) is 1.62. The highest BCUT2D eigenvalue weighted by Gasteiger charge is 2.18. The monoisotopic (exact) mass is 355 g/mol. The molecule has 0 radical (unpaired) electrons. The first-order valence-corrected chi connectivity index (χ1v) is 8.66. The van der Waals surface area contributed by atoms with Gasteiger partial charge in [-0.25, -0.2) is 0 Å². The van der Waals surface area contributed by atoms with Gasteiger partial charge < -0.3 is 9.72 Å². The summed E-state index contributed by atoms with van der Waals surface area (Å²) in [5.41, 5.74) is -0.333. The second-order valence-electron chi connectivity index (χ2n) is 4.59. The lowest BCUT2D eigenvalue weighted by Crippen LogP contribution is -2.23. The number of aromatic amines is 1. The maximum Gasteiger partial charge on any atom is 0.255 e. The SMILES string of the molecule is CCCc1nnc(NC(=O)[C@@H](C)Sc2nc(OC)cc(=O)[nH]2)s1. The highest BCUT2D eigenvalue weighted by molar-refractivity contribution is 8.00. The van der Waals surface area contributed by atoms with E-state index in [0.717, 1.165) is 29.6 Å². The van der Waals surface area contributed by atoms with Crippen LogP contribution in [0, 0.1) is 0 Å². The molecule has 0 aliphatic rings. The molecule has 0 saturated carbocycles. The van der Waals surface area contributed by atoms with Gasteiger partial charge in [0.25, 0.3) is 5.56 Å². The summed E-state index contributed by atoms with van der Waals surface area (Å²) in [6, 6.07) is 1.24. The molecule has 8 nitrogen and oxygen atoms in total. The van der Waals surface area contributed by atoms with Crippen LogP contribution in [0.25, 0.3) is 0 Å². The number of hydrogen-bond acceptors (Lipinski definition) is 8. The van der Waals surface area contributed by atoms with E-state index in [0.29, 0.717) is 10.3 Å². The summed E-state index contributed by atoms with van der Waals surface area (Å²) in [6.45, 7) is 3.77. The van der Waals surface area contributed by atoms with Gasteiger partial charge in [-0.05, 0) is 13.3 Å². The molecule has 2 rings (SSSR count). The molecule has 10 heteroatoms. The van der Waals surface area contributed by atoms with Crippen molar-refractivity contribution in [3.63, 3.8) is 0 Å². The Kier molecular flexibility index (Phi) is 6.11. The summed E-state index contributed by atoms with van der Waals surface area (Å²) in [4.78, 5) is 30.3. The topological polar surface area (TPSA) is 110 Å². The molecular weight excluding hydrogens is 338 g/mol. The standard InChI is InChI=1S/C13H17N5O3S2/c1-4-5-10-17-18-13(23-10)16-11(20)7(2)22-12-14-8(19)6-9(15-12)21-3/h6-7H,4-5H2,1-3H3,(H,14,15,19)(H,16,18,20)/t7-/m1/s1. The second-order valence-corrected chi connectivity index (χ2v) is 6.98. The van der Waals surface area contributed by atoms with Gasteiger partial charge in [-0.1, -0.05) is 30.0 Å². The van der Waals surface area contributed by atoms with Crippen molar-refractivity contribution in [3.8, 4) is 5.88 Å². The van der Waals surface area contributed by atoms with E-state index in [4.69, 9.17) is 4.74 Å². The molecule has 0 aliphatic heterocycles. The molecule has 0 fully saturated rings. The van der Waals surface area contributed by atoms with E-state index in [-0.39, 0.29) is 17.3 Å². The molecule has 23 heavy (non-hydrogen) atoms. The molecule has 1 atom stereocenters. The third kappa shape index (κ3) is 5.03. The van der Waals surface area contributed by atoms with Crippen LogP contribution >= 0.6 is 23.1 Å². The summed E-state index contributed by atoms with van der Waals surface area (Å²) in [7, 11) is 1.43. The number of nitrogens with one attached hydrogen (secondary N) is 2. The zero-order valence-corrected chi connectivity index (χ0v) is 14.6. The van der Waals surface area contributed by atoms with Crippen LogP contribution in [0.2, 0.25) is 0 Å². The minimum Gasteiger partial charge on any atom is -0.481 e. The van der Waals surface area contributed by atoms with Gasteiger partial charge in [-0.3, -0.25) is 14.9 Å². The Hall–Kier alpha value is -1.94. The largest absolute Gasteiger partial charge is 0.481 e. The van der Waals surface area contributed by atoms with Crippen molar-refractivity contribution in [1.82, 2.24) is 20.2 Å². The number of anilines is 1. The van der Waals surface area contributed by atoms with Crippen LogP contribution in [0.1, 0.15) is 25.3 Å². The van der Waals surface area contributed by atoms with Crippen molar-refractivity contribution in [1.29, 1.82) is 0 Å². The molecule has 0 aromatic carbocycles. The van der Waals surface area contributed by atoms with Crippen LogP contribution in [0.3, 0.4) is 0 Å². The highest BCUT2D eigenvalue weighted by Crippen LogP contribution is 2.22. The normalized spacial score (nSPS) is 12.0. The summed E-state index contributed by atoms with van der Waals surface area (Å²) < 4.78 is 4.94. The van der Waals surface area contributed by atoms with E-state index in [1.807, 2.05) is 0 Å². The number of rotatable bonds is 7. The molecule has 0 unspecified atom stereocenters. The zero-order valence-electron chi connectivity index (χ0n) is 13.0. The summed E-state index contributed by atoms with van der Waals surface area (Å²) >= 11 is 2.49. The Bertz CT molecular complexity index is 730. The third-order valence-electron chi connectivity index (χ3n) is 2.72. The number of hydrogen-bond donors (Lipinski definition) is 2. The number of amides is 1. The van der Waals surface area contributed by atoms with Gasteiger partial charge in [0.2, 0.25) is 16.9 Å². The maximum atomic E-state index is 12.2. The average molecular weight is 355 g/mol. The number of carbonyl (C=O) groups is 1. The second kappa shape index (κ2) is 8.06. The summed E-state index contributed by atoms with van der Waals surface area (Å²) in [5, 5.41) is 11.9. The van der Waals surface area contributed by atoms with Crippen molar-refractivity contribution in [2.75, 3.05) is 12.4 Å². The lowest BCUT2D eigenvalue weighted by Gasteiger charge is -2.09. The molecule has 2 heterocycles. The van der Waals surface area contributed by atoms with Crippen LogP contribution in [0.4, 0.5) is 5.13 Å². The number of nitrogens with zero attached hydrogens (tertiary/aromatic N) is 3. The molecule has 0 saturated heterocycles. The van der Waals surface area contributed by atoms with Crippen molar-refractivity contribution >= 4 is 34.1 Å². The van der Waals surface area contributed by atoms with Gasteiger partial charge in [0, 0.05) is 6.42 Å². The van der Waals surface area contributed by atoms with Crippen LogP contribution in [-0.2, 0) is 11.2 Å². The van der Waals surface area contributed by atoms with Crippen molar-refractivity contribution in [2.45, 2.75) is 37.1 Å². The molecule has 124 valence electrons. The summed E-state index contributed by atoms with van der Waals surface area (Å²) in [5.74, 6) is -0.0307. The van der Waals surface area contributed by atoms with Crippen molar-refractivity contribution in [2.24, 2.45) is 0 Å². The number of methoxy groups -OCH3 is 1. The predicted molar refractivity (Wildman–Crippen MR) is 89.3 cm³/mol. The predicted octanol–water partition coefficient (Wildman–Crippen LogP) is 1.70. The molecule has 0 bridgehead atoms. The Morgan fingerprint density at radius 3 is 3.00 bits per heavy atom. The first-order chi connectivity index (χ1) is 11.0. The minimum atomic E-state index is -0.469. The smallest absolute Gasteiger partial charge is 0.255 e. The molecule has 2 N–H and O–H groups in total. The first kappa shape index (κ1) is 17.4. The molecule has 0 spiro atoms. The fraction of sp³-hybridized carbons (Fsp3) is 0.462. The minimum absolute atomic E-state index is 0.206. The van der Waals surface area contributed by atoms with Crippen LogP contribution in [0.5, 0.6) is 5.88 Å². The number of thioether (sulfide) groups is 1. The maximum absolute atomic E-state index is 12.2. The van der Waals surface area contributed by atoms with E-state index in [2.05, 4.69) is 32.4 Å². The van der Waals surface area contributed by atoms with Gasteiger partial charge in [0.05, 0.1) is 18.4 Å². The number of aryl methyl sites for hydroxylation is 1. The van der Waals surface area contributed by atoms with Gasteiger partial charge >= 0.3 is 0 Å². The first-order valence-electron chi connectivity index (χ1n) is 6.97. The van der Waals surface area contributed by atoms with Crippen LogP contribution in [0.15, 0.2) is 16.0 Å². The Balaban J connectivity index is 1.99.